The Labute approximate surface area is 138 Å². The van der Waals surface area contributed by atoms with Gasteiger partial charge in [0, 0.05) is 10.9 Å². The molecule has 0 atom stereocenters. The summed E-state index contributed by atoms with van der Waals surface area (Å²) in [6, 6.07) is 15.7. The number of ether oxygens (including phenoxy) is 3. The van der Waals surface area contributed by atoms with Crippen LogP contribution in [0.2, 0.25) is 0 Å². The minimum absolute atomic E-state index is 0.471. The monoisotopic (exact) mass is 325 g/mol. The Morgan fingerprint density at radius 3 is 2.70 bits per heavy atom. The van der Waals surface area contributed by atoms with Crippen molar-refractivity contribution in [1.29, 1.82) is 0 Å². The van der Waals surface area contributed by atoms with Gasteiger partial charge in [-0.3, -0.25) is 0 Å². The number of benzene rings is 2. The number of thiazole rings is 1. The molecule has 0 unspecified atom stereocenters. The van der Waals surface area contributed by atoms with Crippen molar-refractivity contribution in [1.82, 2.24) is 4.98 Å². The van der Waals surface area contributed by atoms with E-state index in [1.807, 2.05) is 53.9 Å². The molecule has 0 spiro atoms. The average molecular weight is 325 g/mol. The van der Waals surface area contributed by atoms with Crippen LogP contribution in [-0.2, 0) is 6.61 Å². The van der Waals surface area contributed by atoms with Crippen LogP contribution in [0.4, 0.5) is 0 Å². The summed E-state index contributed by atoms with van der Waals surface area (Å²) < 4.78 is 16.9. The molecule has 4 nitrogen and oxygen atoms in total. The lowest BCUT2D eigenvalue weighted by Crippen LogP contribution is -2.15. The molecule has 1 aliphatic rings. The first-order valence-electron chi connectivity index (χ1n) is 7.41. The molecule has 0 fully saturated rings. The molecule has 0 radical (unpaired) electrons. The second-order valence-electron chi connectivity index (χ2n) is 5.09. The molecule has 23 heavy (non-hydrogen) atoms. The summed E-state index contributed by atoms with van der Waals surface area (Å²) >= 11 is 1.59. The lowest BCUT2D eigenvalue weighted by atomic mass is 10.1. The van der Waals surface area contributed by atoms with Crippen LogP contribution in [0.25, 0.3) is 11.3 Å². The summed E-state index contributed by atoms with van der Waals surface area (Å²) in [5, 5.41) is 2.98. The molecule has 0 amide bonds. The number of aromatic nitrogens is 1. The van der Waals surface area contributed by atoms with Crippen molar-refractivity contribution in [3.8, 4) is 28.5 Å². The van der Waals surface area contributed by atoms with E-state index in [0.29, 0.717) is 19.8 Å². The smallest absolute Gasteiger partial charge is 0.162 e. The van der Waals surface area contributed by atoms with Crippen molar-refractivity contribution < 1.29 is 14.2 Å². The van der Waals surface area contributed by atoms with E-state index in [4.69, 9.17) is 14.2 Å². The fourth-order valence-electron chi connectivity index (χ4n) is 2.37. The normalized spacial score (nSPS) is 12.9. The summed E-state index contributed by atoms with van der Waals surface area (Å²) in [5.41, 5.74) is 1.95. The number of hydrogen-bond donors (Lipinski definition) is 0. The Hall–Kier alpha value is -2.53. The number of nitrogens with zero attached hydrogens (tertiary/aromatic N) is 1. The van der Waals surface area contributed by atoms with E-state index >= 15 is 0 Å². The standard InChI is InChI=1S/C18H15NO3S/c1-2-4-14(5-3-1)22-11-18-19-15(12-23-18)13-6-7-16-17(10-13)21-9-8-20-16/h1-7,10,12H,8-9,11H2. The molecule has 1 aliphatic heterocycles. The van der Waals surface area contributed by atoms with Gasteiger partial charge in [-0.15, -0.1) is 11.3 Å². The maximum Gasteiger partial charge on any atom is 0.162 e. The minimum atomic E-state index is 0.471. The SMILES string of the molecule is c1ccc(OCc2nc(-c3ccc4c(c3)OCCO4)cs2)cc1. The third-order valence-electron chi connectivity index (χ3n) is 3.50. The van der Waals surface area contributed by atoms with Gasteiger partial charge >= 0.3 is 0 Å². The molecule has 0 N–H and O–H groups in total. The average Bonchev–Trinajstić information content (AvgIpc) is 3.09. The van der Waals surface area contributed by atoms with Gasteiger partial charge in [0.25, 0.3) is 0 Å². The van der Waals surface area contributed by atoms with Gasteiger partial charge in [0.05, 0.1) is 5.69 Å². The molecule has 116 valence electrons. The summed E-state index contributed by atoms with van der Waals surface area (Å²) in [5.74, 6) is 2.43. The maximum absolute atomic E-state index is 5.74. The van der Waals surface area contributed by atoms with Gasteiger partial charge in [-0.05, 0) is 30.3 Å². The van der Waals surface area contributed by atoms with E-state index in [0.717, 1.165) is 33.5 Å². The number of para-hydroxylation sites is 1. The van der Waals surface area contributed by atoms with Crippen LogP contribution >= 0.6 is 11.3 Å². The second-order valence-corrected chi connectivity index (χ2v) is 6.03. The van der Waals surface area contributed by atoms with Gasteiger partial charge in [-0.1, -0.05) is 18.2 Å². The fraction of sp³-hybridized carbons (Fsp3) is 0.167. The first-order valence-corrected chi connectivity index (χ1v) is 8.29. The molecular weight excluding hydrogens is 310 g/mol. The predicted octanol–water partition coefficient (Wildman–Crippen LogP) is 4.16. The van der Waals surface area contributed by atoms with E-state index in [2.05, 4.69) is 4.98 Å². The molecule has 0 saturated heterocycles. The lowest BCUT2D eigenvalue weighted by Gasteiger charge is -2.18. The predicted molar refractivity (Wildman–Crippen MR) is 89.3 cm³/mol. The molecule has 4 rings (SSSR count). The van der Waals surface area contributed by atoms with E-state index < -0.39 is 0 Å². The number of hydrogen-bond acceptors (Lipinski definition) is 5. The first-order chi connectivity index (χ1) is 11.4. The molecule has 1 aromatic heterocycles. The Bertz CT molecular complexity index is 801. The Kier molecular flexibility index (Phi) is 3.86. The van der Waals surface area contributed by atoms with E-state index in [1.54, 1.807) is 11.3 Å². The van der Waals surface area contributed by atoms with Crippen molar-refractivity contribution in [3.05, 3.63) is 58.9 Å². The first kappa shape index (κ1) is 14.1. The van der Waals surface area contributed by atoms with Gasteiger partial charge in [0.15, 0.2) is 11.5 Å². The number of rotatable bonds is 4. The lowest BCUT2D eigenvalue weighted by molar-refractivity contribution is 0.171. The molecule has 5 heteroatoms. The molecule has 0 saturated carbocycles. The summed E-state index contributed by atoms with van der Waals surface area (Å²) in [7, 11) is 0. The highest BCUT2D eigenvalue weighted by Gasteiger charge is 2.13. The van der Waals surface area contributed by atoms with Gasteiger partial charge < -0.3 is 14.2 Å². The Balaban J connectivity index is 1.49. The van der Waals surface area contributed by atoms with Crippen molar-refractivity contribution in [3.63, 3.8) is 0 Å². The summed E-state index contributed by atoms with van der Waals surface area (Å²) in [6.07, 6.45) is 0. The number of fused-ring (bicyclic) bond motifs is 1. The second kappa shape index (κ2) is 6.30. The van der Waals surface area contributed by atoms with Crippen LogP contribution in [0.5, 0.6) is 17.2 Å². The van der Waals surface area contributed by atoms with Crippen LogP contribution in [0.15, 0.2) is 53.9 Å². The van der Waals surface area contributed by atoms with Crippen LogP contribution in [-0.4, -0.2) is 18.2 Å². The van der Waals surface area contributed by atoms with E-state index in [9.17, 15) is 0 Å². The highest BCUT2D eigenvalue weighted by molar-refractivity contribution is 7.09. The third-order valence-corrected chi connectivity index (χ3v) is 4.32. The zero-order chi connectivity index (χ0) is 15.5. The zero-order valence-corrected chi connectivity index (χ0v) is 13.2. The maximum atomic E-state index is 5.74. The fourth-order valence-corrected chi connectivity index (χ4v) is 3.09. The van der Waals surface area contributed by atoms with E-state index in [1.165, 1.54) is 0 Å². The van der Waals surface area contributed by atoms with Crippen molar-refractivity contribution in [2.75, 3.05) is 13.2 Å². The van der Waals surface area contributed by atoms with Gasteiger partial charge in [-0.2, -0.15) is 0 Å². The van der Waals surface area contributed by atoms with Gasteiger partial charge in [0.2, 0.25) is 0 Å². The van der Waals surface area contributed by atoms with Crippen molar-refractivity contribution in [2.24, 2.45) is 0 Å². The zero-order valence-electron chi connectivity index (χ0n) is 12.4. The van der Waals surface area contributed by atoms with E-state index in [-0.39, 0.29) is 0 Å². The molecule has 2 heterocycles. The molecular formula is C18H15NO3S. The van der Waals surface area contributed by atoms with Crippen LogP contribution in [0.1, 0.15) is 5.01 Å². The largest absolute Gasteiger partial charge is 0.486 e. The van der Waals surface area contributed by atoms with Crippen molar-refractivity contribution >= 4 is 11.3 Å². The van der Waals surface area contributed by atoms with Crippen LogP contribution in [0.3, 0.4) is 0 Å². The molecule has 0 aliphatic carbocycles. The van der Waals surface area contributed by atoms with Crippen molar-refractivity contribution in [2.45, 2.75) is 6.61 Å². The van der Waals surface area contributed by atoms with Gasteiger partial charge in [0.1, 0.15) is 30.6 Å². The summed E-state index contributed by atoms with van der Waals surface area (Å²) in [6.45, 7) is 1.66. The summed E-state index contributed by atoms with van der Waals surface area (Å²) in [4.78, 5) is 4.64. The highest BCUT2D eigenvalue weighted by atomic mass is 32.1. The Morgan fingerprint density at radius 1 is 1.00 bits per heavy atom. The minimum Gasteiger partial charge on any atom is -0.486 e. The quantitative estimate of drug-likeness (QED) is 0.722. The molecule has 0 bridgehead atoms. The Morgan fingerprint density at radius 2 is 1.83 bits per heavy atom. The topological polar surface area (TPSA) is 40.6 Å². The third kappa shape index (κ3) is 3.14. The van der Waals surface area contributed by atoms with Gasteiger partial charge in [-0.25, -0.2) is 4.98 Å². The molecule has 2 aromatic carbocycles. The highest BCUT2D eigenvalue weighted by Crippen LogP contribution is 2.34. The molecule has 3 aromatic rings. The van der Waals surface area contributed by atoms with Crippen LogP contribution in [0, 0.1) is 0 Å². The van der Waals surface area contributed by atoms with Crippen LogP contribution < -0.4 is 14.2 Å².